The van der Waals surface area contributed by atoms with Crippen LogP contribution in [0.5, 0.6) is 0 Å². The van der Waals surface area contributed by atoms with Crippen LogP contribution in [0.1, 0.15) is 22.6 Å². The number of likely N-dealkylation sites (tertiary alicyclic amines) is 1. The lowest BCUT2D eigenvalue weighted by Crippen LogP contribution is -2.42. The second kappa shape index (κ2) is 7.59. The maximum atomic E-state index is 13.2. The minimum absolute atomic E-state index is 0.00635. The van der Waals surface area contributed by atoms with E-state index in [1.165, 1.54) is 0 Å². The molecule has 2 heterocycles. The Balaban J connectivity index is 1.36. The van der Waals surface area contributed by atoms with Gasteiger partial charge in [-0.2, -0.15) is 0 Å². The summed E-state index contributed by atoms with van der Waals surface area (Å²) in [5.74, 6) is 0.893. The Morgan fingerprint density at radius 1 is 0.967 bits per heavy atom. The summed E-state index contributed by atoms with van der Waals surface area (Å²) < 4.78 is 0. The maximum Gasteiger partial charge on any atom is 0.254 e. The summed E-state index contributed by atoms with van der Waals surface area (Å²) in [6.07, 6.45) is 1.36. The average molecular weight is 395 g/mol. The number of carbonyl (C=O) groups excluding carboxylic acids is 1. The van der Waals surface area contributed by atoms with Crippen molar-refractivity contribution in [1.29, 1.82) is 0 Å². The third-order valence-corrected chi connectivity index (χ3v) is 5.68. The highest BCUT2D eigenvalue weighted by atomic mass is 16.2. The molecule has 1 unspecified atom stereocenters. The Kier molecular flexibility index (Phi) is 4.64. The number of nitrogens with one attached hydrogen (secondary N) is 1. The summed E-state index contributed by atoms with van der Waals surface area (Å²) in [7, 11) is 0. The molecule has 1 aromatic heterocycles. The summed E-state index contributed by atoms with van der Waals surface area (Å²) in [6, 6.07) is 25.9. The van der Waals surface area contributed by atoms with E-state index < -0.39 is 0 Å². The van der Waals surface area contributed by atoms with Crippen molar-refractivity contribution in [2.45, 2.75) is 18.9 Å². The Labute approximate surface area is 174 Å². The van der Waals surface area contributed by atoms with E-state index in [-0.39, 0.29) is 11.9 Å². The number of hydrogen-bond donors (Lipinski definition) is 2. The van der Waals surface area contributed by atoms with Gasteiger partial charge in [0.2, 0.25) is 0 Å². The van der Waals surface area contributed by atoms with Crippen molar-refractivity contribution in [3.05, 3.63) is 90.3 Å². The Hall–Kier alpha value is -3.73. The predicted octanol–water partition coefficient (Wildman–Crippen LogP) is 2.89. The molecule has 5 heteroatoms. The Bertz CT molecular complexity index is 1180. The Morgan fingerprint density at radius 2 is 1.67 bits per heavy atom. The van der Waals surface area contributed by atoms with Gasteiger partial charge in [0, 0.05) is 18.0 Å². The largest absolute Gasteiger partial charge is 0.342 e. The number of para-hydroxylation sites is 2. The lowest BCUT2D eigenvalue weighted by atomic mass is 10.0. The first-order valence-corrected chi connectivity index (χ1v) is 10.2. The highest BCUT2D eigenvalue weighted by molar-refractivity contribution is 5.99. The molecule has 0 spiro atoms. The molecule has 5 rings (SSSR count). The second-order valence-corrected chi connectivity index (χ2v) is 7.80. The maximum absolute atomic E-state index is 13.2. The van der Waals surface area contributed by atoms with Crippen LogP contribution < -0.4 is 5.41 Å². The van der Waals surface area contributed by atoms with Gasteiger partial charge < -0.3 is 9.88 Å². The molecule has 3 N–H and O–H groups in total. The number of hydrogen-bond acceptors (Lipinski definition) is 2. The minimum atomic E-state index is 0.00635. The fraction of sp³-hybridized carbons (Fsp3) is 0.160. The summed E-state index contributed by atoms with van der Waals surface area (Å²) >= 11 is 0. The lowest BCUT2D eigenvalue weighted by Gasteiger charge is -2.23. The summed E-state index contributed by atoms with van der Waals surface area (Å²) in [4.78, 5) is 23.1. The molecule has 1 amide bonds. The van der Waals surface area contributed by atoms with Crippen molar-refractivity contribution in [1.82, 2.24) is 14.9 Å². The molecule has 0 bridgehead atoms. The summed E-state index contributed by atoms with van der Waals surface area (Å²) in [5.41, 5.74) is 5.70. The lowest BCUT2D eigenvalue weighted by molar-refractivity contribution is -0.116. The molecule has 1 saturated heterocycles. The highest BCUT2D eigenvalue weighted by Crippen LogP contribution is 2.24. The zero-order valence-electron chi connectivity index (χ0n) is 16.6. The number of fused-ring (bicyclic) bond motifs is 1. The van der Waals surface area contributed by atoms with Crippen LogP contribution in [0.25, 0.3) is 22.2 Å². The van der Waals surface area contributed by atoms with Crippen molar-refractivity contribution >= 4 is 22.7 Å². The fourth-order valence-corrected chi connectivity index (χ4v) is 4.17. The molecule has 3 aromatic carbocycles. The van der Waals surface area contributed by atoms with Crippen molar-refractivity contribution in [2.24, 2.45) is 0 Å². The van der Waals surface area contributed by atoms with Gasteiger partial charge in [0.15, 0.2) is 5.71 Å². The molecule has 1 fully saturated rings. The van der Waals surface area contributed by atoms with Crippen LogP contribution in [-0.2, 0) is 6.42 Å². The third-order valence-electron chi connectivity index (χ3n) is 5.68. The van der Waals surface area contributed by atoms with Crippen molar-refractivity contribution in [2.75, 3.05) is 6.54 Å². The van der Waals surface area contributed by atoms with Gasteiger partial charge >= 0.3 is 0 Å². The quantitative estimate of drug-likeness (QED) is 0.558. The molecule has 1 atom stereocenters. The first-order chi connectivity index (χ1) is 14.7. The van der Waals surface area contributed by atoms with Crippen LogP contribution >= 0.6 is 0 Å². The van der Waals surface area contributed by atoms with Crippen LogP contribution in [0, 0.1) is 0 Å². The Morgan fingerprint density at radius 3 is 2.43 bits per heavy atom. The van der Waals surface area contributed by atoms with Gasteiger partial charge in [-0.1, -0.05) is 54.6 Å². The molecule has 0 aliphatic carbocycles. The summed E-state index contributed by atoms with van der Waals surface area (Å²) in [5, 5.41) is 6.15. The number of nitrogens with two attached hydrogens (primary N) is 1. The predicted molar refractivity (Wildman–Crippen MR) is 118 cm³/mol. The molecule has 0 radical (unpaired) electrons. The number of rotatable bonds is 4. The van der Waals surface area contributed by atoms with Gasteiger partial charge in [-0.05, 0) is 35.4 Å². The van der Waals surface area contributed by atoms with Crippen LogP contribution in [-0.4, -0.2) is 39.1 Å². The van der Waals surface area contributed by atoms with E-state index in [0.29, 0.717) is 24.9 Å². The van der Waals surface area contributed by atoms with Crippen LogP contribution in [0.3, 0.4) is 0 Å². The van der Waals surface area contributed by atoms with E-state index in [0.717, 1.165) is 33.7 Å². The number of nitrogens with zero attached hydrogens (tertiary/aromatic N) is 2. The molecule has 5 nitrogen and oxygen atoms in total. The highest BCUT2D eigenvalue weighted by Gasteiger charge is 2.35. The SMILES string of the molecule is [NH2+]=C1CC(Cc2nc3ccccc3[nH]2)N(C(=O)c2ccc(-c3ccccc3)cc2)C1. The van der Waals surface area contributed by atoms with E-state index in [1.807, 2.05) is 71.6 Å². The number of aromatic amines is 1. The summed E-state index contributed by atoms with van der Waals surface area (Å²) in [6.45, 7) is 0.490. The van der Waals surface area contributed by atoms with Crippen molar-refractivity contribution < 1.29 is 10.2 Å². The van der Waals surface area contributed by atoms with Crippen LogP contribution in [0.4, 0.5) is 0 Å². The standard InChI is InChI=1S/C25H22N4O/c26-20-14-21(15-24-27-22-8-4-5-9-23(22)28-24)29(16-20)25(30)19-12-10-18(11-13-19)17-6-2-1-3-7-17/h1-13,21,26H,14-16H2,(H,27,28)/p+1. The van der Waals surface area contributed by atoms with Gasteiger partial charge in [-0.3, -0.25) is 10.2 Å². The molecule has 1 aliphatic rings. The van der Waals surface area contributed by atoms with E-state index in [1.54, 1.807) is 0 Å². The average Bonchev–Trinajstić information content (AvgIpc) is 3.36. The normalized spacial score (nSPS) is 16.3. The molecule has 30 heavy (non-hydrogen) atoms. The topological polar surface area (TPSA) is 74.6 Å². The number of benzene rings is 3. The van der Waals surface area contributed by atoms with E-state index in [2.05, 4.69) is 22.1 Å². The van der Waals surface area contributed by atoms with Gasteiger partial charge in [0.25, 0.3) is 5.91 Å². The van der Waals surface area contributed by atoms with Gasteiger partial charge in [-0.15, -0.1) is 0 Å². The number of imidazole rings is 1. The van der Waals surface area contributed by atoms with Crippen LogP contribution in [0.15, 0.2) is 78.9 Å². The molecule has 148 valence electrons. The van der Waals surface area contributed by atoms with Crippen molar-refractivity contribution in [3.8, 4) is 11.1 Å². The molecule has 1 aliphatic heterocycles. The number of aromatic nitrogens is 2. The number of amides is 1. The van der Waals surface area contributed by atoms with Crippen LogP contribution in [0.2, 0.25) is 0 Å². The van der Waals surface area contributed by atoms with E-state index in [9.17, 15) is 4.79 Å². The first kappa shape index (κ1) is 18.3. The molecular weight excluding hydrogens is 372 g/mol. The zero-order valence-corrected chi connectivity index (χ0v) is 16.6. The minimum Gasteiger partial charge on any atom is -0.342 e. The van der Waals surface area contributed by atoms with E-state index >= 15 is 0 Å². The molecule has 0 saturated carbocycles. The zero-order chi connectivity index (χ0) is 20.5. The first-order valence-electron chi connectivity index (χ1n) is 10.2. The second-order valence-electron chi connectivity index (χ2n) is 7.80. The molecule has 4 aromatic rings. The van der Waals surface area contributed by atoms with Gasteiger partial charge in [-0.25, -0.2) is 4.98 Å². The third kappa shape index (κ3) is 3.50. The number of carbonyl (C=O) groups is 1. The van der Waals surface area contributed by atoms with Gasteiger partial charge in [0.1, 0.15) is 12.4 Å². The fourth-order valence-electron chi connectivity index (χ4n) is 4.17. The van der Waals surface area contributed by atoms with Gasteiger partial charge in [0.05, 0.1) is 17.5 Å². The smallest absolute Gasteiger partial charge is 0.254 e. The monoisotopic (exact) mass is 395 g/mol. The molecular formula is C25H23N4O+. The van der Waals surface area contributed by atoms with Crippen molar-refractivity contribution in [3.63, 3.8) is 0 Å². The van der Waals surface area contributed by atoms with E-state index in [4.69, 9.17) is 5.41 Å². The number of H-pyrrole nitrogens is 1.